The van der Waals surface area contributed by atoms with Crippen LogP contribution in [-0.2, 0) is 9.53 Å². The van der Waals surface area contributed by atoms with Gasteiger partial charge in [-0.25, -0.2) is 0 Å². The number of likely N-dealkylation sites (tertiary alicyclic amines) is 2. The molecular weight excluding hydrogens is 338 g/mol. The second kappa shape index (κ2) is 8.29. The van der Waals surface area contributed by atoms with Gasteiger partial charge in [-0.1, -0.05) is 24.3 Å². The minimum absolute atomic E-state index is 0.182. The molecule has 1 aromatic carbocycles. The second-order valence-corrected chi connectivity index (χ2v) is 8.48. The van der Waals surface area contributed by atoms with E-state index in [0.717, 1.165) is 58.7 Å². The second-order valence-electron chi connectivity index (χ2n) is 8.48. The van der Waals surface area contributed by atoms with Crippen molar-refractivity contribution in [3.63, 3.8) is 0 Å². The van der Waals surface area contributed by atoms with Crippen LogP contribution in [0.25, 0.3) is 0 Å². The van der Waals surface area contributed by atoms with Crippen LogP contribution in [0.2, 0.25) is 0 Å². The Morgan fingerprint density at radius 2 is 2.00 bits per heavy atom. The van der Waals surface area contributed by atoms with Crippen molar-refractivity contribution in [1.82, 2.24) is 15.1 Å². The molecule has 3 saturated heterocycles. The van der Waals surface area contributed by atoms with Crippen LogP contribution in [0.15, 0.2) is 24.3 Å². The number of hydrogen-bond acceptors (Lipinski definition) is 4. The summed E-state index contributed by atoms with van der Waals surface area (Å²) in [5.41, 5.74) is 2.65. The third-order valence-corrected chi connectivity index (χ3v) is 6.90. The zero-order valence-corrected chi connectivity index (χ0v) is 16.7. The number of aryl methyl sites for hydroxylation is 1. The van der Waals surface area contributed by atoms with E-state index in [4.69, 9.17) is 4.74 Å². The molecule has 4 rings (SSSR count). The van der Waals surface area contributed by atoms with Crippen LogP contribution < -0.4 is 5.32 Å². The van der Waals surface area contributed by atoms with E-state index < -0.39 is 0 Å². The summed E-state index contributed by atoms with van der Waals surface area (Å²) in [6.07, 6.45) is 1.96. The number of ether oxygens (including phenoxy) is 1. The first-order valence-corrected chi connectivity index (χ1v) is 10.5. The van der Waals surface area contributed by atoms with Gasteiger partial charge in [0, 0.05) is 45.1 Å². The molecule has 1 N–H and O–H groups in total. The Labute approximate surface area is 163 Å². The first-order chi connectivity index (χ1) is 13.2. The van der Waals surface area contributed by atoms with Gasteiger partial charge in [0.1, 0.15) is 0 Å². The van der Waals surface area contributed by atoms with Crippen LogP contribution in [-0.4, -0.2) is 68.7 Å². The van der Waals surface area contributed by atoms with E-state index in [0.29, 0.717) is 17.7 Å². The number of nitrogens with zero attached hydrogens (tertiary/aromatic N) is 2. The number of fused-ring (bicyclic) bond motifs is 1. The Kier molecular flexibility index (Phi) is 5.81. The van der Waals surface area contributed by atoms with Crippen LogP contribution in [0.1, 0.15) is 30.0 Å². The number of rotatable bonds is 5. The van der Waals surface area contributed by atoms with Crippen molar-refractivity contribution in [3.8, 4) is 0 Å². The van der Waals surface area contributed by atoms with Crippen molar-refractivity contribution in [2.45, 2.75) is 25.8 Å². The Bertz CT molecular complexity index is 657. The SMILES string of the molecule is COCCN1CCC(C(=O)N2C[C@@H]3CNC[C@@H]3[C@H]2c2ccccc2C)CC1. The first-order valence-electron chi connectivity index (χ1n) is 10.5. The molecule has 0 aliphatic carbocycles. The fourth-order valence-electron chi connectivity index (χ4n) is 5.32. The van der Waals surface area contributed by atoms with Crippen molar-refractivity contribution in [2.24, 2.45) is 17.8 Å². The van der Waals surface area contributed by atoms with Crippen molar-refractivity contribution in [2.75, 3.05) is 53.0 Å². The number of benzene rings is 1. The fourth-order valence-corrected chi connectivity index (χ4v) is 5.32. The van der Waals surface area contributed by atoms with Crippen LogP contribution >= 0.6 is 0 Å². The van der Waals surface area contributed by atoms with E-state index in [1.54, 1.807) is 7.11 Å². The monoisotopic (exact) mass is 371 g/mol. The topological polar surface area (TPSA) is 44.8 Å². The zero-order valence-electron chi connectivity index (χ0n) is 16.7. The predicted octanol–water partition coefficient (Wildman–Crippen LogP) is 2.07. The number of hydrogen-bond donors (Lipinski definition) is 1. The number of carbonyl (C=O) groups excluding carboxylic acids is 1. The standard InChI is InChI=1S/C22H33N3O2/c1-16-5-3-4-6-19(16)21-20-14-23-13-18(20)15-25(21)22(26)17-7-9-24(10-8-17)11-12-27-2/h3-6,17-18,20-21,23H,7-15H2,1-2H3/t18-,20-,21+/m0/s1. The average molecular weight is 372 g/mol. The van der Waals surface area contributed by atoms with Crippen LogP contribution in [0, 0.1) is 24.7 Å². The summed E-state index contributed by atoms with van der Waals surface area (Å²) in [7, 11) is 1.75. The summed E-state index contributed by atoms with van der Waals surface area (Å²) in [4.78, 5) is 18.2. The molecule has 5 nitrogen and oxygen atoms in total. The molecular formula is C22H33N3O2. The molecule has 0 aromatic heterocycles. The third kappa shape index (κ3) is 3.78. The maximum absolute atomic E-state index is 13.5. The normalized spacial score (nSPS) is 29.3. The lowest BCUT2D eigenvalue weighted by Crippen LogP contribution is -2.44. The lowest BCUT2D eigenvalue weighted by molar-refractivity contribution is -0.138. The van der Waals surface area contributed by atoms with E-state index in [1.807, 2.05) is 0 Å². The maximum atomic E-state index is 13.5. The molecule has 3 aliphatic heterocycles. The van der Waals surface area contributed by atoms with Crippen LogP contribution in [0.4, 0.5) is 0 Å². The quantitative estimate of drug-likeness (QED) is 0.861. The van der Waals surface area contributed by atoms with Crippen molar-refractivity contribution < 1.29 is 9.53 Å². The van der Waals surface area contributed by atoms with Gasteiger partial charge in [0.05, 0.1) is 12.6 Å². The highest BCUT2D eigenvalue weighted by atomic mass is 16.5. The molecule has 148 valence electrons. The molecule has 0 unspecified atom stereocenters. The van der Waals surface area contributed by atoms with E-state index in [-0.39, 0.29) is 12.0 Å². The molecule has 0 bridgehead atoms. The van der Waals surface area contributed by atoms with Gasteiger partial charge in [0.25, 0.3) is 0 Å². The average Bonchev–Trinajstić information content (AvgIpc) is 3.28. The lowest BCUT2D eigenvalue weighted by atomic mass is 9.87. The number of amides is 1. The van der Waals surface area contributed by atoms with Crippen LogP contribution in [0.5, 0.6) is 0 Å². The zero-order chi connectivity index (χ0) is 18.8. The van der Waals surface area contributed by atoms with Crippen molar-refractivity contribution in [1.29, 1.82) is 0 Å². The molecule has 1 amide bonds. The van der Waals surface area contributed by atoms with Gasteiger partial charge in [0.2, 0.25) is 5.91 Å². The van der Waals surface area contributed by atoms with E-state index >= 15 is 0 Å². The van der Waals surface area contributed by atoms with Gasteiger partial charge < -0.3 is 19.9 Å². The summed E-state index contributed by atoms with van der Waals surface area (Å²) >= 11 is 0. The van der Waals surface area contributed by atoms with Crippen molar-refractivity contribution in [3.05, 3.63) is 35.4 Å². The fraction of sp³-hybridized carbons (Fsp3) is 0.682. The number of nitrogens with one attached hydrogen (secondary N) is 1. The van der Waals surface area contributed by atoms with Gasteiger partial charge in [-0.3, -0.25) is 4.79 Å². The summed E-state index contributed by atoms with van der Waals surface area (Å²) in [5.74, 6) is 1.73. The highest BCUT2D eigenvalue weighted by Crippen LogP contribution is 2.44. The number of piperidine rings is 1. The minimum atomic E-state index is 0.182. The number of carbonyl (C=O) groups is 1. The van der Waals surface area contributed by atoms with Gasteiger partial charge in [-0.05, 0) is 49.9 Å². The Morgan fingerprint density at radius 3 is 2.74 bits per heavy atom. The van der Waals surface area contributed by atoms with E-state index in [9.17, 15) is 4.79 Å². The minimum Gasteiger partial charge on any atom is -0.383 e. The highest BCUT2D eigenvalue weighted by Gasteiger charge is 2.48. The van der Waals surface area contributed by atoms with Gasteiger partial charge in [-0.15, -0.1) is 0 Å². The molecule has 3 aliphatic rings. The number of methoxy groups -OCH3 is 1. The summed E-state index contributed by atoms with van der Waals surface area (Å²) in [6, 6.07) is 8.87. The molecule has 5 heteroatoms. The largest absolute Gasteiger partial charge is 0.383 e. The molecule has 0 radical (unpaired) electrons. The van der Waals surface area contributed by atoms with Crippen LogP contribution in [0.3, 0.4) is 0 Å². The molecule has 0 spiro atoms. The molecule has 0 saturated carbocycles. The highest BCUT2D eigenvalue weighted by molar-refractivity contribution is 5.80. The molecule has 1 aromatic rings. The third-order valence-electron chi connectivity index (χ3n) is 6.90. The van der Waals surface area contributed by atoms with E-state index in [2.05, 4.69) is 46.3 Å². The van der Waals surface area contributed by atoms with E-state index in [1.165, 1.54) is 11.1 Å². The maximum Gasteiger partial charge on any atom is 0.226 e. The molecule has 27 heavy (non-hydrogen) atoms. The Balaban J connectivity index is 1.48. The smallest absolute Gasteiger partial charge is 0.226 e. The van der Waals surface area contributed by atoms with Gasteiger partial charge in [-0.2, -0.15) is 0 Å². The Morgan fingerprint density at radius 1 is 1.22 bits per heavy atom. The van der Waals surface area contributed by atoms with Crippen molar-refractivity contribution >= 4 is 5.91 Å². The molecule has 3 atom stereocenters. The summed E-state index contributed by atoms with van der Waals surface area (Å²) < 4.78 is 5.19. The first kappa shape index (κ1) is 18.9. The Hall–Kier alpha value is -1.43. The molecule has 3 heterocycles. The summed E-state index contributed by atoms with van der Waals surface area (Å²) in [6.45, 7) is 8.95. The summed E-state index contributed by atoms with van der Waals surface area (Å²) in [5, 5.41) is 3.55. The predicted molar refractivity (Wildman–Crippen MR) is 107 cm³/mol. The molecule has 3 fully saturated rings. The lowest BCUT2D eigenvalue weighted by Gasteiger charge is -2.36. The van der Waals surface area contributed by atoms with Gasteiger partial charge >= 0.3 is 0 Å². The van der Waals surface area contributed by atoms with Gasteiger partial charge in [0.15, 0.2) is 0 Å².